The van der Waals surface area contributed by atoms with Gasteiger partial charge in [0.05, 0.1) is 11.1 Å². The molecule has 1 N–H and O–H groups in total. The SMILES string of the molecule is CNc1ccccc1C(=O)N(CCc1cccc(C(F)(F)F)c1F)Cc1ccc(C(C)(C)C)cc1. The topological polar surface area (TPSA) is 32.3 Å². The number of anilines is 1. The van der Waals surface area contributed by atoms with Gasteiger partial charge in [-0.15, -0.1) is 0 Å². The molecule has 0 aromatic heterocycles. The molecule has 3 aromatic rings. The maximum Gasteiger partial charge on any atom is 0.419 e. The van der Waals surface area contributed by atoms with Crippen LogP contribution >= 0.6 is 0 Å². The number of halogens is 4. The lowest BCUT2D eigenvalue weighted by Crippen LogP contribution is -2.33. The monoisotopic (exact) mass is 486 g/mol. The standard InChI is InChI=1S/C28H30F4N2O/c1-27(2,3)21-14-12-19(13-15-21)18-34(26(35)22-9-5-6-11-24(22)33-4)17-16-20-8-7-10-23(25(20)29)28(30,31)32/h5-15,33H,16-18H2,1-4H3. The molecule has 0 aliphatic heterocycles. The van der Waals surface area contributed by atoms with E-state index in [0.29, 0.717) is 11.3 Å². The number of benzene rings is 3. The lowest BCUT2D eigenvalue weighted by molar-refractivity contribution is -0.140. The van der Waals surface area contributed by atoms with Crippen LogP contribution in [0.1, 0.15) is 53.4 Å². The largest absolute Gasteiger partial charge is 0.419 e. The molecule has 0 aliphatic carbocycles. The normalized spacial score (nSPS) is 11.9. The molecule has 0 atom stereocenters. The summed E-state index contributed by atoms with van der Waals surface area (Å²) < 4.78 is 54.1. The lowest BCUT2D eigenvalue weighted by Gasteiger charge is -2.25. The summed E-state index contributed by atoms with van der Waals surface area (Å²) in [4.78, 5) is 15.0. The van der Waals surface area contributed by atoms with Gasteiger partial charge in [0.2, 0.25) is 0 Å². The molecule has 7 heteroatoms. The van der Waals surface area contributed by atoms with Crippen molar-refractivity contribution in [3.05, 3.63) is 100 Å². The third kappa shape index (κ3) is 6.41. The highest BCUT2D eigenvalue weighted by Gasteiger charge is 2.34. The van der Waals surface area contributed by atoms with Gasteiger partial charge in [-0.3, -0.25) is 4.79 Å². The average molecular weight is 487 g/mol. The molecule has 0 aliphatic rings. The van der Waals surface area contributed by atoms with Crippen LogP contribution < -0.4 is 5.32 Å². The van der Waals surface area contributed by atoms with Crippen molar-refractivity contribution in [1.82, 2.24) is 4.90 Å². The zero-order chi connectivity index (χ0) is 25.8. The zero-order valence-electron chi connectivity index (χ0n) is 20.3. The molecule has 0 spiro atoms. The van der Waals surface area contributed by atoms with E-state index in [1.807, 2.05) is 24.3 Å². The molecule has 186 valence electrons. The molecule has 1 amide bonds. The van der Waals surface area contributed by atoms with Crippen molar-refractivity contribution in [2.75, 3.05) is 18.9 Å². The van der Waals surface area contributed by atoms with Crippen molar-refractivity contribution in [3.8, 4) is 0 Å². The molecule has 3 nitrogen and oxygen atoms in total. The summed E-state index contributed by atoms with van der Waals surface area (Å²) in [6, 6.07) is 18.1. The van der Waals surface area contributed by atoms with Crippen molar-refractivity contribution in [1.29, 1.82) is 0 Å². The molecule has 0 fully saturated rings. The first-order chi connectivity index (χ1) is 16.4. The maximum absolute atomic E-state index is 14.6. The van der Waals surface area contributed by atoms with Gasteiger partial charge in [-0.05, 0) is 46.7 Å². The lowest BCUT2D eigenvalue weighted by atomic mass is 9.87. The predicted octanol–water partition coefficient (Wildman–Crippen LogP) is 7.07. The number of carbonyl (C=O) groups excluding carboxylic acids is 1. The van der Waals surface area contributed by atoms with Gasteiger partial charge in [-0.2, -0.15) is 13.2 Å². The molecule has 0 unspecified atom stereocenters. The summed E-state index contributed by atoms with van der Waals surface area (Å²) in [5.74, 6) is -1.58. The van der Waals surface area contributed by atoms with Gasteiger partial charge in [0.1, 0.15) is 5.82 Å². The summed E-state index contributed by atoms with van der Waals surface area (Å²) >= 11 is 0. The Morgan fingerprint density at radius 2 is 1.57 bits per heavy atom. The second-order valence-corrected chi connectivity index (χ2v) is 9.50. The summed E-state index contributed by atoms with van der Waals surface area (Å²) in [5.41, 5.74) is 1.68. The van der Waals surface area contributed by atoms with Gasteiger partial charge in [0, 0.05) is 25.8 Å². The van der Waals surface area contributed by atoms with Crippen molar-refractivity contribution < 1.29 is 22.4 Å². The second kappa shape index (κ2) is 10.5. The fraction of sp³-hybridized carbons (Fsp3) is 0.321. The summed E-state index contributed by atoms with van der Waals surface area (Å²) in [5, 5.41) is 2.99. The third-order valence-electron chi connectivity index (χ3n) is 5.94. The van der Waals surface area contributed by atoms with E-state index in [1.54, 1.807) is 36.2 Å². The number of nitrogens with one attached hydrogen (secondary N) is 1. The van der Waals surface area contributed by atoms with E-state index < -0.39 is 17.6 Å². The Morgan fingerprint density at radius 1 is 0.914 bits per heavy atom. The van der Waals surface area contributed by atoms with Crippen LogP contribution in [-0.2, 0) is 24.6 Å². The van der Waals surface area contributed by atoms with Crippen LogP contribution in [0.5, 0.6) is 0 Å². The predicted molar refractivity (Wildman–Crippen MR) is 131 cm³/mol. The highest BCUT2D eigenvalue weighted by atomic mass is 19.4. The van der Waals surface area contributed by atoms with E-state index in [4.69, 9.17) is 0 Å². The molecule has 0 saturated carbocycles. The quantitative estimate of drug-likeness (QED) is 0.362. The number of hydrogen-bond acceptors (Lipinski definition) is 2. The van der Waals surface area contributed by atoms with Crippen LogP contribution in [-0.4, -0.2) is 24.4 Å². The van der Waals surface area contributed by atoms with Gasteiger partial charge in [-0.25, -0.2) is 4.39 Å². The number of rotatable bonds is 7. The van der Waals surface area contributed by atoms with Crippen LogP contribution in [0.25, 0.3) is 0 Å². The summed E-state index contributed by atoms with van der Waals surface area (Å²) in [7, 11) is 1.71. The number of hydrogen-bond donors (Lipinski definition) is 1. The minimum atomic E-state index is -4.78. The van der Waals surface area contributed by atoms with E-state index in [-0.39, 0.29) is 36.4 Å². The van der Waals surface area contributed by atoms with Crippen LogP contribution in [0, 0.1) is 5.82 Å². The Labute approximate surface area is 203 Å². The number of para-hydroxylation sites is 1. The minimum absolute atomic E-state index is 0.0270. The highest BCUT2D eigenvalue weighted by Crippen LogP contribution is 2.32. The van der Waals surface area contributed by atoms with Gasteiger partial charge in [-0.1, -0.05) is 69.3 Å². The molecule has 0 saturated heterocycles. The Bertz CT molecular complexity index is 1160. The average Bonchev–Trinajstić information content (AvgIpc) is 2.81. The fourth-order valence-corrected chi connectivity index (χ4v) is 3.89. The van der Waals surface area contributed by atoms with Gasteiger partial charge in [0.15, 0.2) is 0 Å². The fourth-order valence-electron chi connectivity index (χ4n) is 3.89. The molecule has 0 bridgehead atoms. The van der Waals surface area contributed by atoms with Crippen molar-refractivity contribution >= 4 is 11.6 Å². The number of alkyl halides is 3. The van der Waals surface area contributed by atoms with Crippen molar-refractivity contribution in [2.45, 2.75) is 45.3 Å². The van der Waals surface area contributed by atoms with Crippen LogP contribution in [0.3, 0.4) is 0 Å². The number of nitrogens with zero attached hydrogens (tertiary/aromatic N) is 1. The van der Waals surface area contributed by atoms with E-state index in [1.165, 1.54) is 12.1 Å². The first-order valence-electron chi connectivity index (χ1n) is 11.4. The number of amides is 1. The van der Waals surface area contributed by atoms with Gasteiger partial charge < -0.3 is 10.2 Å². The molecule has 0 radical (unpaired) electrons. The highest BCUT2D eigenvalue weighted by molar-refractivity contribution is 5.99. The smallest absolute Gasteiger partial charge is 0.387 e. The van der Waals surface area contributed by atoms with Crippen LogP contribution in [0.4, 0.5) is 23.2 Å². The Morgan fingerprint density at radius 3 is 2.17 bits per heavy atom. The van der Waals surface area contributed by atoms with Crippen molar-refractivity contribution in [3.63, 3.8) is 0 Å². The Hall–Kier alpha value is -3.35. The van der Waals surface area contributed by atoms with E-state index >= 15 is 0 Å². The second-order valence-electron chi connectivity index (χ2n) is 9.50. The van der Waals surface area contributed by atoms with E-state index in [0.717, 1.165) is 17.2 Å². The molecule has 35 heavy (non-hydrogen) atoms. The molecule has 3 aromatic carbocycles. The maximum atomic E-state index is 14.6. The molecular weight excluding hydrogens is 456 g/mol. The zero-order valence-corrected chi connectivity index (χ0v) is 20.3. The van der Waals surface area contributed by atoms with E-state index in [2.05, 4.69) is 26.1 Å². The minimum Gasteiger partial charge on any atom is -0.387 e. The Kier molecular flexibility index (Phi) is 7.88. The first-order valence-corrected chi connectivity index (χ1v) is 11.4. The molecular formula is C28H30F4N2O. The van der Waals surface area contributed by atoms with Gasteiger partial charge in [0.25, 0.3) is 5.91 Å². The first kappa shape index (κ1) is 26.3. The third-order valence-corrected chi connectivity index (χ3v) is 5.94. The number of carbonyl (C=O) groups is 1. The molecule has 3 rings (SSSR count). The van der Waals surface area contributed by atoms with Gasteiger partial charge >= 0.3 is 6.18 Å². The summed E-state index contributed by atoms with van der Waals surface area (Å²) in [6.07, 6.45) is -4.83. The Balaban J connectivity index is 1.91. The van der Waals surface area contributed by atoms with Crippen LogP contribution in [0.2, 0.25) is 0 Å². The summed E-state index contributed by atoms with van der Waals surface area (Å²) in [6.45, 7) is 6.61. The van der Waals surface area contributed by atoms with Crippen LogP contribution in [0.15, 0.2) is 66.7 Å². The van der Waals surface area contributed by atoms with E-state index in [9.17, 15) is 22.4 Å². The van der Waals surface area contributed by atoms with Crippen molar-refractivity contribution in [2.24, 2.45) is 0 Å². The molecule has 0 heterocycles.